The molecule has 3 nitrogen and oxygen atoms in total. The topological polar surface area (TPSA) is 32.7 Å². The SMILES string of the molecule is O[C@H](c1ccccc1)C1CN(Cc2ccccc2)CCO1. The van der Waals surface area contributed by atoms with Crippen molar-refractivity contribution in [2.24, 2.45) is 0 Å². The average molecular weight is 283 g/mol. The van der Waals surface area contributed by atoms with Gasteiger partial charge in [-0.1, -0.05) is 60.7 Å². The molecule has 0 saturated carbocycles. The Kier molecular flexibility index (Phi) is 4.65. The molecule has 0 aromatic heterocycles. The summed E-state index contributed by atoms with van der Waals surface area (Å²) in [5.74, 6) is 0. The van der Waals surface area contributed by atoms with E-state index >= 15 is 0 Å². The van der Waals surface area contributed by atoms with Crippen molar-refractivity contribution < 1.29 is 9.84 Å². The molecule has 0 amide bonds. The first kappa shape index (κ1) is 14.3. The zero-order valence-corrected chi connectivity index (χ0v) is 12.1. The minimum absolute atomic E-state index is 0.162. The summed E-state index contributed by atoms with van der Waals surface area (Å²) in [6, 6.07) is 20.2. The van der Waals surface area contributed by atoms with E-state index in [-0.39, 0.29) is 6.10 Å². The Morgan fingerprint density at radius 3 is 2.43 bits per heavy atom. The Morgan fingerprint density at radius 2 is 1.71 bits per heavy atom. The molecule has 1 aliphatic rings. The Hall–Kier alpha value is -1.68. The number of morpholine rings is 1. The second kappa shape index (κ2) is 6.85. The first-order valence-corrected chi connectivity index (χ1v) is 7.44. The minimum Gasteiger partial charge on any atom is -0.386 e. The lowest BCUT2D eigenvalue weighted by molar-refractivity contribution is -0.0918. The molecule has 3 heteroatoms. The molecule has 1 N–H and O–H groups in total. The fourth-order valence-electron chi connectivity index (χ4n) is 2.77. The Morgan fingerprint density at radius 1 is 1.05 bits per heavy atom. The molecule has 1 unspecified atom stereocenters. The molecule has 1 fully saturated rings. The van der Waals surface area contributed by atoms with Crippen LogP contribution in [0, 0.1) is 0 Å². The van der Waals surface area contributed by atoms with Crippen LogP contribution >= 0.6 is 0 Å². The molecule has 2 atom stereocenters. The van der Waals surface area contributed by atoms with Gasteiger partial charge in [0.15, 0.2) is 0 Å². The van der Waals surface area contributed by atoms with Gasteiger partial charge in [0.05, 0.1) is 6.61 Å². The summed E-state index contributed by atoms with van der Waals surface area (Å²) in [5, 5.41) is 10.5. The van der Waals surface area contributed by atoms with E-state index in [9.17, 15) is 5.11 Å². The molecule has 2 aromatic carbocycles. The molecule has 21 heavy (non-hydrogen) atoms. The maximum atomic E-state index is 10.5. The normalized spacial score (nSPS) is 21.1. The van der Waals surface area contributed by atoms with Crippen LogP contribution < -0.4 is 0 Å². The van der Waals surface area contributed by atoms with Crippen LogP contribution in [0.4, 0.5) is 0 Å². The van der Waals surface area contributed by atoms with Crippen molar-refractivity contribution in [2.45, 2.75) is 18.8 Å². The highest BCUT2D eigenvalue weighted by molar-refractivity contribution is 5.19. The van der Waals surface area contributed by atoms with E-state index in [0.29, 0.717) is 6.61 Å². The zero-order chi connectivity index (χ0) is 14.5. The Balaban J connectivity index is 1.63. The number of aliphatic hydroxyl groups excluding tert-OH is 1. The average Bonchev–Trinajstić information content (AvgIpc) is 2.56. The van der Waals surface area contributed by atoms with Crippen LogP contribution in [0.5, 0.6) is 0 Å². The molecule has 0 aliphatic carbocycles. The van der Waals surface area contributed by atoms with E-state index in [1.165, 1.54) is 5.56 Å². The second-order valence-electron chi connectivity index (χ2n) is 5.49. The van der Waals surface area contributed by atoms with E-state index in [1.54, 1.807) is 0 Å². The van der Waals surface area contributed by atoms with Crippen molar-refractivity contribution in [3.05, 3.63) is 71.8 Å². The van der Waals surface area contributed by atoms with Gasteiger partial charge in [-0.05, 0) is 11.1 Å². The van der Waals surface area contributed by atoms with Gasteiger partial charge in [-0.3, -0.25) is 4.90 Å². The van der Waals surface area contributed by atoms with Crippen LogP contribution in [0.2, 0.25) is 0 Å². The number of ether oxygens (including phenoxy) is 1. The number of aliphatic hydroxyl groups is 1. The van der Waals surface area contributed by atoms with E-state index in [0.717, 1.165) is 25.2 Å². The van der Waals surface area contributed by atoms with Crippen LogP contribution in [0.1, 0.15) is 17.2 Å². The largest absolute Gasteiger partial charge is 0.386 e. The smallest absolute Gasteiger partial charge is 0.106 e. The number of benzene rings is 2. The highest BCUT2D eigenvalue weighted by Gasteiger charge is 2.27. The lowest BCUT2D eigenvalue weighted by Gasteiger charge is -2.35. The summed E-state index contributed by atoms with van der Waals surface area (Å²) in [6.45, 7) is 3.24. The number of hydrogen-bond acceptors (Lipinski definition) is 3. The van der Waals surface area contributed by atoms with Crippen LogP contribution in [-0.4, -0.2) is 35.8 Å². The molecule has 3 rings (SSSR count). The van der Waals surface area contributed by atoms with Crippen molar-refractivity contribution in [3.8, 4) is 0 Å². The maximum absolute atomic E-state index is 10.5. The standard InChI is InChI=1S/C18H21NO2/c20-18(16-9-5-2-6-10-16)17-14-19(11-12-21-17)13-15-7-3-1-4-8-15/h1-10,17-18,20H,11-14H2/t17?,18-/m1/s1. The molecule has 0 radical (unpaired) electrons. The zero-order valence-electron chi connectivity index (χ0n) is 12.1. The molecule has 0 bridgehead atoms. The van der Waals surface area contributed by atoms with Crippen molar-refractivity contribution in [2.75, 3.05) is 19.7 Å². The lowest BCUT2D eigenvalue weighted by Crippen LogP contribution is -2.44. The fraction of sp³-hybridized carbons (Fsp3) is 0.333. The fourth-order valence-corrected chi connectivity index (χ4v) is 2.77. The highest BCUT2D eigenvalue weighted by atomic mass is 16.5. The van der Waals surface area contributed by atoms with E-state index in [4.69, 9.17) is 4.74 Å². The van der Waals surface area contributed by atoms with Gasteiger partial charge in [0.1, 0.15) is 12.2 Å². The molecule has 0 spiro atoms. The van der Waals surface area contributed by atoms with Crippen molar-refractivity contribution in [3.63, 3.8) is 0 Å². The van der Waals surface area contributed by atoms with Gasteiger partial charge >= 0.3 is 0 Å². The molecule has 2 aromatic rings. The van der Waals surface area contributed by atoms with Gasteiger partial charge in [-0.25, -0.2) is 0 Å². The van der Waals surface area contributed by atoms with Gasteiger partial charge in [0.25, 0.3) is 0 Å². The van der Waals surface area contributed by atoms with Gasteiger partial charge in [-0.15, -0.1) is 0 Å². The third-order valence-corrected chi connectivity index (χ3v) is 3.92. The molecule has 1 saturated heterocycles. The quantitative estimate of drug-likeness (QED) is 0.936. The number of rotatable bonds is 4. The van der Waals surface area contributed by atoms with Gasteiger partial charge < -0.3 is 9.84 Å². The van der Waals surface area contributed by atoms with Crippen LogP contribution in [0.3, 0.4) is 0 Å². The molecular formula is C18H21NO2. The van der Waals surface area contributed by atoms with Crippen LogP contribution in [0.25, 0.3) is 0 Å². The van der Waals surface area contributed by atoms with Gasteiger partial charge in [-0.2, -0.15) is 0 Å². The van der Waals surface area contributed by atoms with E-state index in [2.05, 4.69) is 29.2 Å². The summed E-state index contributed by atoms with van der Waals surface area (Å²) in [7, 11) is 0. The lowest BCUT2D eigenvalue weighted by atomic mass is 10.0. The predicted octanol–water partition coefficient (Wildman–Crippen LogP) is 2.62. The van der Waals surface area contributed by atoms with Crippen molar-refractivity contribution in [1.82, 2.24) is 4.90 Å². The minimum atomic E-state index is -0.565. The summed E-state index contributed by atoms with van der Waals surface area (Å²) in [6.07, 6.45) is -0.727. The second-order valence-corrected chi connectivity index (χ2v) is 5.49. The number of hydrogen-bond donors (Lipinski definition) is 1. The Labute approximate surface area is 125 Å². The summed E-state index contributed by atoms with van der Waals surface area (Å²) < 4.78 is 5.77. The third kappa shape index (κ3) is 3.70. The summed E-state index contributed by atoms with van der Waals surface area (Å²) in [4.78, 5) is 2.34. The molecule has 110 valence electrons. The van der Waals surface area contributed by atoms with Gasteiger partial charge in [0, 0.05) is 19.6 Å². The van der Waals surface area contributed by atoms with Gasteiger partial charge in [0.2, 0.25) is 0 Å². The highest BCUT2D eigenvalue weighted by Crippen LogP contribution is 2.22. The summed E-state index contributed by atoms with van der Waals surface area (Å²) >= 11 is 0. The molecule has 1 heterocycles. The monoisotopic (exact) mass is 283 g/mol. The van der Waals surface area contributed by atoms with E-state index in [1.807, 2.05) is 36.4 Å². The van der Waals surface area contributed by atoms with Crippen LogP contribution in [-0.2, 0) is 11.3 Å². The third-order valence-electron chi connectivity index (χ3n) is 3.92. The molecule has 1 aliphatic heterocycles. The molecular weight excluding hydrogens is 262 g/mol. The first-order chi connectivity index (χ1) is 10.3. The van der Waals surface area contributed by atoms with Crippen molar-refractivity contribution >= 4 is 0 Å². The maximum Gasteiger partial charge on any atom is 0.106 e. The number of nitrogens with zero attached hydrogens (tertiary/aromatic N) is 1. The van der Waals surface area contributed by atoms with E-state index < -0.39 is 6.10 Å². The first-order valence-electron chi connectivity index (χ1n) is 7.44. The summed E-state index contributed by atoms with van der Waals surface area (Å²) in [5.41, 5.74) is 2.22. The van der Waals surface area contributed by atoms with Crippen molar-refractivity contribution in [1.29, 1.82) is 0 Å². The van der Waals surface area contributed by atoms with Crippen LogP contribution in [0.15, 0.2) is 60.7 Å². The predicted molar refractivity (Wildman–Crippen MR) is 82.9 cm³/mol. The Bertz CT molecular complexity index is 544.